The van der Waals surface area contributed by atoms with E-state index in [2.05, 4.69) is 37.5 Å². The van der Waals surface area contributed by atoms with Crippen molar-refractivity contribution in [2.75, 3.05) is 26.2 Å². The molecule has 0 saturated carbocycles. The topological polar surface area (TPSA) is 69.8 Å². The van der Waals surface area contributed by atoms with Crippen LogP contribution in [0.15, 0.2) is 12.1 Å². The van der Waals surface area contributed by atoms with Crippen LogP contribution in [-0.2, 0) is 13.1 Å². The molecule has 0 aliphatic carbocycles. The van der Waals surface area contributed by atoms with Gasteiger partial charge < -0.3 is 5.11 Å². The summed E-state index contributed by atoms with van der Waals surface area (Å²) < 4.78 is 0. The summed E-state index contributed by atoms with van der Waals surface area (Å²) in [5, 5.41) is 22.2. The Hall–Kier alpha value is -1.66. The number of nitro benzene ring substituents is 1. The van der Waals surface area contributed by atoms with Gasteiger partial charge in [0.2, 0.25) is 0 Å². The van der Waals surface area contributed by atoms with Gasteiger partial charge in [-0.05, 0) is 51.9 Å². The van der Waals surface area contributed by atoms with Crippen LogP contribution < -0.4 is 0 Å². The first-order chi connectivity index (χ1) is 12.5. The second-order valence-electron chi connectivity index (χ2n) is 6.92. The molecule has 0 aliphatic heterocycles. The normalized spacial score (nSPS) is 11.5. The molecule has 0 saturated heterocycles. The van der Waals surface area contributed by atoms with E-state index in [1.807, 2.05) is 0 Å². The van der Waals surface area contributed by atoms with Crippen LogP contribution in [-0.4, -0.2) is 46.0 Å². The monoisotopic (exact) mass is 365 g/mol. The summed E-state index contributed by atoms with van der Waals surface area (Å²) in [5.74, 6) is 0.213. The molecule has 0 bridgehead atoms. The maximum atomic E-state index is 11.4. The van der Waals surface area contributed by atoms with Gasteiger partial charge in [-0.1, -0.05) is 27.7 Å². The minimum Gasteiger partial charge on any atom is -0.507 e. The lowest BCUT2D eigenvalue weighted by molar-refractivity contribution is -0.385. The zero-order chi connectivity index (χ0) is 19.5. The molecule has 0 spiro atoms. The molecule has 0 heterocycles. The summed E-state index contributed by atoms with van der Waals surface area (Å²) >= 11 is 0. The quantitative estimate of drug-likeness (QED) is 0.410. The van der Waals surface area contributed by atoms with Gasteiger partial charge in [0.05, 0.1) is 4.92 Å². The van der Waals surface area contributed by atoms with Crippen LogP contribution in [0.25, 0.3) is 0 Å². The Morgan fingerprint density at radius 1 is 0.846 bits per heavy atom. The lowest BCUT2D eigenvalue weighted by atomic mass is 10.1. The second-order valence-corrected chi connectivity index (χ2v) is 6.92. The van der Waals surface area contributed by atoms with E-state index in [0.717, 1.165) is 51.9 Å². The summed E-state index contributed by atoms with van der Waals surface area (Å²) in [5.41, 5.74) is 1.38. The Bertz CT molecular complexity index is 512. The molecular formula is C20H35N3O3. The van der Waals surface area contributed by atoms with Crippen molar-refractivity contribution in [2.24, 2.45) is 0 Å². The SMILES string of the molecule is CCCN(CCC)Cc1cc([N+](=O)[O-])cc(CN(CCC)CCC)c1O. The lowest BCUT2D eigenvalue weighted by Crippen LogP contribution is -2.26. The molecule has 1 rings (SSSR count). The summed E-state index contributed by atoms with van der Waals surface area (Å²) in [7, 11) is 0. The van der Waals surface area contributed by atoms with E-state index in [1.54, 1.807) is 0 Å². The molecule has 0 amide bonds. The molecule has 0 radical (unpaired) electrons. The van der Waals surface area contributed by atoms with E-state index in [4.69, 9.17) is 0 Å². The van der Waals surface area contributed by atoms with Gasteiger partial charge in [-0.2, -0.15) is 0 Å². The fraction of sp³-hybridized carbons (Fsp3) is 0.700. The maximum Gasteiger partial charge on any atom is 0.270 e. The van der Waals surface area contributed by atoms with Gasteiger partial charge in [0, 0.05) is 36.3 Å². The van der Waals surface area contributed by atoms with Crippen LogP contribution in [0.4, 0.5) is 5.69 Å². The Kier molecular flexibility index (Phi) is 10.2. The van der Waals surface area contributed by atoms with Crippen LogP contribution in [0.3, 0.4) is 0 Å². The van der Waals surface area contributed by atoms with Gasteiger partial charge in [-0.3, -0.25) is 19.9 Å². The summed E-state index contributed by atoms with van der Waals surface area (Å²) in [4.78, 5) is 15.5. The van der Waals surface area contributed by atoms with Crippen molar-refractivity contribution in [3.8, 4) is 5.75 Å². The molecule has 1 aromatic carbocycles. The average Bonchev–Trinajstić information content (AvgIpc) is 2.59. The first-order valence-electron chi connectivity index (χ1n) is 9.90. The Morgan fingerprint density at radius 3 is 1.46 bits per heavy atom. The minimum absolute atomic E-state index is 0.0636. The van der Waals surface area contributed by atoms with Crippen molar-refractivity contribution in [3.63, 3.8) is 0 Å². The molecule has 6 nitrogen and oxygen atoms in total. The number of non-ortho nitro benzene ring substituents is 1. The van der Waals surface area contributed by atoms with E-state index >= 15 is 0 Å². The zero-order valence-electron chi connectivity index (χ0n) is 16.8. The third kappa shape index (κ3) is 6.92. The van der Waals surface area contributed by atoms with Gasteiger partial charge >= 0.3 is 0 Å². The molecular weight excluding hydrogens is 330 g/mol. The zero-order valence-corrected chi connectivity index (χ0v) is 16.8. The van der Waals surface area contributed by atoms with Crippen LogP contribution in [0.2, 0.25) is 0 Å². The number of hydrogen-bond donors (Lipinski definition) is 1. The molecule has 0 unspecified atom stereocenters. The predicted octanol–water partition coefficient (Wildman–Crippen LogP) is 4.54. The Morgan fingerprint density at radius 2 is 1.19 bits per heavy atom. The second kappa shape index (κ2) is 11.9. The van der Waals surface area contributed by atoms with Crippen molar-refractivity contribution in [3.05, 3.63) is 33.4 Å². The van der Waals surface area contributed by atoms with Crippen LogP contribution in [0.1, 0.15) is 64.5 Å². The predicted molar refractivity (Wildman–Crippen MR) is 106 cm³/mol. The van der Waals surface area contributed by atoms with Crippen molar-refractivity contribution < 1.29 is 10.0 Å². The van der Waals surface area contributed by atoms with Crippen molar-refractivity contribution in [1.82, 2.24) is 9.80 Å². The van der Waals surface area contributed by atoms with Crippen LogP contribution >= 0.6 is 0 Å². The minimum atomic E-state index is -0.361. The van der Waals surface area contributed by atoms with Crippen molar-refractivity contribution in [2.45, 2.75) is 66.5 Å². The van der Waals surface area contributed by atoms with E-state index in [9.17, 15) is 15.2 Å². The Balaban J connectivity index is 3.16. The maximum absolute atomic E-state index is 11.4. The van der Waals surface area contributed by atoms with Gasteiger partial charge in [0.1, 0.15) is 5.75 Å². The molecule has 0 aliphatic rings. The van der Waals surface area contributed by atoms with Crippen LogP contribution in [0, 0.1) is 10.1 Å². The highest BCUT2D eigenvalue weighted by Gasteiger charge is 2.19. The first-order valence-corrected chi connectivity index (χ1v) is 9.90. The van der Waals surface area contributed by atoms with Crippen LogP contribution in [0.5, 0.6) is 5.75 Å². The summed E-state index contributed by atoms with van der Waals surface area (Å²) in [6, 6.07) is 3.06. The number of rotatable bonds is 13. The molecule has 6 heteroatoms. The average molecular weight is 366 g/mol. The third-order valence-corrected chi connectivity index (χ3v) is 4.41. The highest BCUT2D eigenvalue weighted by molar-refractivity contribution is 5.49. The molecule has 148 valence electrons. The number of phenols is 1. The number of phenolic OH excluding ortho intramolecular Hbond substituents is 1. The van der Waals surface area contributed by atoms with Gasteiger partial charge in [-0.15, -0.1) is 0 Å². The first kappa shape index (κ1) is 22.4. The van der Waals surface area contributed by atoms with Gasteiger partial charge in [0.25, 0.3) is 5.69 Å². The Labute approximate surface area is 158 Å². The third-order valence-electron chi connectivity index (χ3n) is 4.41. The molecule has 1 aromatic rings. The smallest absolute Gasteiger partial charge is 0.270 e. The van der Waals surface area contributed by atoms with E-state index in [-0.39, 0.29) is 16.4 Å². The molecule has 0 aromatic heterocycles. The molecule has 0 fully saturated rings. The van der Waals surface area contributed by atoms with Crippen molar-refractivity contribution in [1.29, 1.82) is 0 Å². The number of aromatic hydroxyl groups is 1. The van der Waals surface area contributed by atoms with E-state index in [0.29, 0.717) is 24.2 Å². The number of hydrogen-bond acceptors (Lipinski definition) is 5. The van der Waals surface area contributed by atoms with E-state index in [1.165, 1.54) is 12.1 Å². The highest BCUT2D eigenvalue weighted by Crippen LogP contribution is 2.30. The fourth-order valence-corrected chi connectivity index (χ4v) is 3.37. The van der Waals surface area contributed by atoms with Gasteiger partial charge in [0.15, 0.2) is 0 Å². The van der Waals surface area contributed by atoms with Crippen molar-refractivity contribution >= 4 is 5.69 Å². The molecule has 1 N–H and O–H groups in total. The molecule has 0 atom stereocenters. The fourth-order valence-electron chi connectivity index (χ4n) is 3.37. The number of nitrogens with zero attached hydrogens (tertiary/aromatic N) is 3. The lowest BCUT2D eigenvalue weighted by Gasteiger charge is -2.24. The number of nitro groups is 1. The van der Waals surface area contributed by atoms with Gasteiger partial charge in [-0.25, -0.2) is 0 Å². The highest BCUT2D eigenvalue weighted by atomic mass is 16.6. The molecule has 26 heavy (non-hydrogen) atoms. The standard InChI is InChI=1S/C20H35N3O3/c1-5-9-21(10-6-2)15-17-13-19(23(25)26)14-18(20(17)24)16-22(11-7-3)12-8-4/h13-14,24H,5-12,15-16H2,1-4H3. The summed E-state index contributed by atoms with van der Waals surface area (Å²) in [6.45, 7) is 13.2. The van der Waals surface area contributed by atoms with E-state index < -0.39 is 0 Å². The largest absolute Gasteiger partial charge is 0.507 e. The number of benzene rings is 1. The summed E-state index contributed by atoms with van der Waals surface area (Å²) in [6.07, 6.45) is 4.07.